The Morgan fingerprint density at radius 1 is 1.32 bits per heavy atom. The van der Waals surface area contributed by atoms with Crippen LogP contribution in [0, 0.1) is 0 Å². The number of likely N-dealkylation sites (N-methyl/N-ethyl adjacent to an activating group) is 1. The highest BCUT2D eigenvalue weighted by Crippen LogP contribution is 2.26. The topological polar surface area (TPSA) is 99.8 Å². The molecule has 2 amide bonds. The molecule has 2 rings (SSSR count). The predicted octanol–water partition coefficient (Wildman–Crippen LogP) is 1.19. The molecule has 0 bridgehead atoms. The zero-order valence-corrected chi connectivity index (χ0v) is 14.1. The number of amides is 2. The lowest BCUT2D eigenvalue weighted by atomic mass is 10.2. The molecule has 1 aromatic carbocycles. The fraction of sp³-hybridized carbons (Fsp3) is 0.231. The summed E-state index contributed by atoms with van der Waals surface area (Å²) in [5.74, 6) is 0.276. The minimum absolute atomic E-state index is 0.0356. The molecule has 0 atom stereocenters. The number of carbonyl (C=O) groups excluding carboxylic acids is 2. The number of H-pyrrole nitrogens is 1. The van der Waals surface area contributed by atoms with E-state index in [9.17, 15) is 9.59 Å². The monoisotopic (exact) mass is 383 g/mol. The van der Waals surface area contributed by atoms with Crippen molar-refractivity contribution in [3.05, 3.63) is 28.7 Å². The number of carbonyl (C=O) groups is 2. The standard InChI is InChI=1S/C13H14BrN5O2S/c1-15-10(20)6-16-11(21)7-22-13-17-12(18-19-13)8-4-2-3-5-9(8)14/h2-5H,6-7H2,1H3,(H,15,20)(H,16,21)(H,17,18,19). The van der Waals surface area contributed by atoms with Crippen LogP contribution in [0.1, 0.15) is 0 Å². The molecule has 116 valence electrons. The molecule has 0 aliphatic rings. The van der Waals surface area contributed by atoms with Crippen LogP contribution in [0.5, 0.6) is 0 Å². The van der Waals surface area contributed by atoms with E-state index in [1.807, 2.05) is 24.3 Å². The van der Waals surface area contributed by atoms with Gasteiger partial charge in [0, 0.05) is 17.1 Å². The molecule has 9 heteroatoms. The van der Waals surface area contributed by atoms with E-state index >= 15 is 0 Å². The number of rotatable bonds is 6. The molecule has 2 aromatic rings. The highest BCUT2D eigenvalue weighted by Gasteiger charge is 2.11. The van der Waals surface area contributed by atoms with E-state index in [0.29, 0.717) is 11.0 Å². The molecule has 0 unspecified atom stereocenters. The summed E-state index contributed by atoms with van der Waals surface area (Å²) in [7, 11) is 1.51. The van der Waals surface area contributed by atoms with Crippen LogP contribution in [0.15, 0.2) is 33.9 Å². The smallest absolute Gasteiger partial charge is 0.239 e. The van der Waals surface area contributed by atoms with Gasteiger partial charge in [0.15, 0.2) is 5.82 Å². The summed E-state index contributed by atoms with van der Waals surface area (Å²) in [6.45, 7) is -0.0356. The molecule has 0 saturated carbocycles. The van der Waals surface area contributed by atoms with Gasteiger partial charge in [0.1, 0.15) is 0 Å². The molecular formula is C13H14BrN5O2S. The molecule has 3 N–H and O–H groups in total. The molecule has 0 radical (unpaired) electrons. The van der Waals surface area contributed by atoms with Crippen LogP contribution >= 0.6 is 27.7 Å². The lowest BCUT2D eigenvalue weighted by Gasteiger charge is -2.02. The number of aromatic amines is 1. The van der Waals surface area contributed by atoms with Gasteiger partial charge in [-0.2, -0.15) is 0 Å². The van der Waals surface area contributed by atoms with Crippen molar-refractivity contribution in [3.63, 3.8) is 0 Å². The summed E-state index contributed by atoms with van der Waals surface area (Å²) in [6, 6.07) is 7.64. The summed E-state index contributed by atoms with van der Waals surface area (Å²) < 4.78 is 0.908. The Bertz CT molecular complexity index is 676. The van der Waals surface area contributed by atoms with Gasteiger partial charge in [-0.05, 0) is 6.07 Å². The molecule has 0 fully saturated rings. The minimum atomic E-state index is -0.249. The van der Waals surface area contributed by atoms with Crippen molar-refractivity contribution < 1.29 is 9.59 Å². The van der Waals surface area contributed by atoms with E-state index in [2.05, 4.69) is 41.7 Å². The zero-order chi connectivity index (χ0) is 15.9. The number of hydrogen-bond donors (Lipinski definition) is 3. The van der Waals surface area contributed by atoms with Gasteiger partial charge < -0.3 is 10.6 Å². The molecule has 0 saturated heterocycles. The van der Waals surface area contributed by atoms with E-state index in [1.54, 1.807) is 0 Å². The first kappa shape index (κ1) is 16.5. The summed E-state index contributed by atoms with van der Waals surface area (Å²) in [5, 5.41) is 12.3. The third kappa shape index (κ3) is 4.57. The fourth-order valence-corrected chi connectivity index (χ4v) is 2.63. The maximum atomic E-state index is 11.6. The van der Waals surface area contributed by atoms with Gasteiger partial charge in [-0.25, -0.2) is 4.98 Å². The number of hydrogen-bond acceptors (Lipinski definition) is 5. The molecule has 7 nitrogen and oxygen atoms in total. The lowest BCUT2D eigenvalue weighted by Crippen LogP contribution is -2.36. The van der Waals surface area contributed by atoms with Gasteiger partial charge in [-0.1, -0.05) is 45.9 Å². The Kier molecular flexibility index (Phi) is 5.96. The van der Waals surface area contributed by atoms with Crippen LogP contribution in [0.2, 0.25) is 0 Å². The zero-order valence-electron chi connectivity index (χ0n) is 11.7. The van der Waals surface area contributed by atoms with E-state index < -0.39 is 0 Å². The maximum absolute atomic E-state index is 11.6. The van der Waals surface area contributed by atoms with Gasteiger partial charge in [0.05, 0.1) is 12.3 Å². The average molecular weight is 384 g/mol. The molecule has 1 heterocycles. The van der Waals surface area contributed by atoms with Gasteiger partial charge in [0.25, 0.3) is 0 Å². The number of benzene rings is 1. The Hall–Kier alpha value is -1.87. The van der Waals surface area contributed by atoms with Crippen molar-refractivity contribution >= 4 is 39.5 Å². The predicted molar refractivity (Wildman–Crippen MR) is 87.3 cm³/mol. The van der Waals surface area contributed by atoms with Crippen molar-refractivity contribution in [1.29, 1.82) is 0 Å². The lowest BCUT2D eigenvalue weighted by molar-refractivity contribution is -0.124. The van der Waals surface area contributed by atoms with Gasteiger partial charge in [-0.3, -0.25) is 14.7 Å². The second-order valence-electron chi connectivity index (χ2n) is 4.19. The normalized spacial score (nSPS) is 10.3. The van der Waals surface area contributed by atoms with Crippen LogP contribution in [0.3, 0.4) is 0 Å². The number of thioether (sulfide) groups is 1. The van der Waals surface area contributed by atoms with Crippen LogP contribution < -0.4 is 10.6 Å². The van der Waals surface area contributed by atoms with Crippen molar-refractivity contribution in [2.75, 3.05) is 19.3 Å². The third-order valence-electron chi connectivity index (χ3n) is 2.65. The summed E-state index contributed by atoms with van der Waals surface area (Å²) in [5.41, 5.74) is 0.894. The van der Waals surface area contributed by atoms with E-state index in [1.165, 1.54) is 18.8 Å². The van der Waals surface area contributed by atoms with Gasteiger partial charge in [0.2, 0.25) is 17.0 Å². The Morgan fingerprint density at radius 2 is 2.09 bits per heavy atom. The van der Waals surface area contributed by atoms with Crippen molar-refractivity contribution in [1.82, 2.24) is 25.8 Å². The highest BCUT2D eigenvalue weighted by atomic mass is 79.9. The number of nitrogens with zero attached hydrogens (tertiary/aromatic N) is 2. The quantitative estimate of drug-likeness (QED) is 0.650. The molecule has 0 aliphatic carbocycles. The molecular weight excluding hydrogens is 370 g/mol. The van der Waals surface area contributed by atoms with Crippen LogP contribution in [0.25, 0.3) is 11.4 Å². The third-order valence-corrected chi connectivity index (χ3v) is 4.19. The minimum Gasteiger partial charge on any atom is -0.358 e. The summed E-state index contributed by atoms with van der Waals surface area (Å²) >= 11 is 4.65. The van der Waals surface area contributed by atoms with E-state index in [0.717, 1.165) is 10.0 Å². The SMILES string of the molecule is CNC(=O)CNC(=O)CSc1n[nH]c(-c2ccccc2Br)n1. The van der Waals surface area contributed by atoms with E-state index in [-0.39, 0.29) is 24.1 Å². The molecule has 0 aliphatic heterocycles. The van der Waals surface area contributed by atoms with Crippen molar-refractivity contribution in [2.24, 2.45) is 0 Å². The number of halogens is 1. The molecule has 0 spiro atoms. The van der Waals surface area contributed by atoms with Crippen LogP contribution in [0.4, 0.5) is 0 Å². The van der Waals surface area contributed by atoms with Crippen LogP contribution in [-0.4, -0.2) is 46.3 Å². The van der Waals surface area contributed by atoms with Gasteiger partial charge >= 0.3 is 0 Å². The first-order valence-electron chi connectivity index (χ1n) is 6.37. The second-order valence-corrected chi connectivity index (χ2v) is 5.98. The van der Waals surface area contributed by atoms with Crippen molar-refractivity contribution in [2.45, 2.75) is 5.16 Å². The van der Waals surface area contributed by atoms with Crippen molar-refractivity contribution in [3.8, 4) is 11.4 Å². The highest BCUT2D eigenvalue weighted by molar-refractivity contribution is 9.10. The maximum Gasteiger partial charge on any atom is 0.239 e. The largest absolute Gasteiger partial charge is 0.358 e. The second kappa shape index (κ2) is 7.95. The first-order chi connectivity index (χ1) is 10.6. The number of nitrogens with one attached hydrogen (secondary N) is 3. The Labute approximate surface area is 139 Å². The van der Waals surface area contributed by atoms with E-state index in [4.69, 9.17) is 0 Å². The summed E-state index contributed by atoms with van der Waals surface area (Å²) in [6.07, 6.45) is 0. The fourth-order valence-electron chi connectivity index (χ4n) is 1.53. The first-order valence-corrected chi connectivity index (χ1v) is 8.15. The number of aromatic nitrogens is 3. The molecule has 22 heavy (non-hydrogen) atoms. The van der Waals surface area contributed by atoms with Gasteiger partial charge in [-0.15, -0.1) is 5.10 Å². The Balaban J connectivity index is 1.89. The molecule has 1 aromatic heterocycles. The average Bonchev–Trinajstić information content (AvgIpc) is 2.99. The summed E-state index contributed by atoms with van der Waals surface area (Å²) in [4.78, 5) is 26.9. The van der Waals surface area contributed by atoms with Crippen LogP contribution in [-0.2, 0) is 9.59 Å². The Morgan fingerprint density at radius 3 is 2.82 bits per heavy atom.